The van der Waals surface area contributed by atoms with Crippen LogP contribution in [-0.2, 0) is 38.4 Å². The summed E-state index contributed by atoms with van der Waals surface area (Å²) < 4.78 is 0. The maximum absolute atomic E-state index is 13.4. The molecule has 0 aliphatic carbocycles. The zero-order valence-electron chi connectivity index (χ0n) is 21.8. The number of fused-ring (bicyclic) bond motifs is 1. The molecule has 0 aliphatic heterocycles. The molecule has 41 heavy (non-hydrogen) atoms. The molecule has 0 saturated heterocycles. The van der Waals surface area contributed by atoms with Crippen LogP contribution < -0.4 is 21.7 Å². The van der Waals surface area contributed by atoms with Gasteiger partial charge in [-0.05, 0) is 11.6 Å². The Bertz CT molecular complexity index is 1470. The van der Waals surface area contributed by atoms with E-state index < -0.39 is 47.9 Å². The van der Waals surface area contributed by atoms with E-state index in [1.54, 1.807) is 12.4 Å². The molecule has 3 aromatic heterocycles. The van der Waals surface area contributed by atoms with E-state index in [2.05, 4.69) is 53.5 Å². The zero-order chi connectivity index (χ0) is 29.4. The normalized spacial score (nSPS) is 14.1. The quantitative estimate of drug-likeness (QED) is 0.0875. The fraction of sp³-hybridized carbons (Fsp3) is 0.308. The molecule has 0 radical (unpaired) electrons. The molecule has 9 N–H and O–H groups in total. The van der Waals surface area contributed by atoms with E-state index in [0.717, 1.165) is 16.5 Å². The number of carbonyl (C=O) groups is 4. The lowest BCUT2D eigenvalue weighted by Crippen LogP contribution is -2.58. The Hall–Kier alpha value is -4.63. The van der Waals surface area contributed by atoms with Crippen molar-refractivity contribution in [1.82, 2.24) is 40.9 Å². The van der Waals surface area contributed by atoms with Crippen LogP contribution >= 0.6 is 12.6 Å². The van der Waals surface area contributed by atoms with Crippen LogP contribution in [0.15, 0.2) is 55.5 Å². The number of hydrogen-bond donors (Lipinski definition) is 9. The third kappa shape index (κ3) is 7.73. The largest absolute Gasteiger partial charge is 0.480 e. The monoisotopic (exact) mass is 581 g/mol. The predicted molar refractivity (Wildman–Crippen MR) is 152 cm³/mol. The average Bonchev–Trinajstić information content (AvgIpc) is 3.74. The molecule has 3 amide bonds. The molecule has 0 bridgehead atoms. The topological polar surface area (TPSA) is 224 Å². The Balaban J connectivity index is 1.50. The highest BCUT2D eigenvalue weighted by Gasteiger charge is 2.31. The van der Waals surface area contributed by atoms with Crippen molar-refractivity contribution in [3.63, 3.8) is 0 Å². The molecule has 216 valence electrons. The predicted octanol–water partition coefficient (Wildman–Crippen LogP) is -0.562. The first-order chi connectivity index (χ1) is 19.7. The van der Waals surface area contributed by atoms with Crippen LogP contribution in [0.3, 0.4) is 0 Å². The van der Waals surface area contributed by atoms with Gasteiger partial charge in [0.1, 0.15) is 18.1 Å². The number of rotatable bonds is 14. The van der Waals surface area contributed by atoms with Gasteiger partial charge in [0, 0.05) is 65.9 Å². The summed E-state index contributed by atoms with van der Waals surface area (Å²) in [6, 6.07) is 2.90. The highest BCUT2D eigenvalue weighted by molar-refractivity contribution is 7.80. The number of para-hydroxylation sites is 1. The van der Waals surface area contributed by atoms with Crippen LogP contribution in [0.1, 0.15) is 17.0 Å². The molecular weight excluding hydrogens is 550 g/mol. The summed E-state index contributed by atoms with van der Waals surface area (Å²) in [4.78, 5) is 67.9. The minimum absolute atomic E-state index is 0.0433. The summed E-state index contributed by atoms with van der Waals surface area (Å²) in [7, 11) is 0. The third-order valence-electron chi connectivity index (χ3n) is 6.47. The molecule has 3 heterocycles. The van der Waals surface area contributed by atoms with Gasteiger partial charge in [-0.3, -0.25) is 14.4 Å². The van der Waals surface area contributed by atoms with Crippen LogP contribution in [0.2, 0.25) is 0 Å². The van der Waals surface area contributed by atoms with E-state index in [1.807, 2.05) is 24.3 Å². The number of thiol groups is 1. The summed E-state index contributed by atoms with van der Waals surface area (Å²) in [6.07, 6.45) is 7.78. The fourth-order valence-electron chi connectivity index (χ4n) is 4.29. The van der Waals surface area contributed by atoms with E-state index in [1.165, 1.54) is 18.9 Å². The summed E-state index contributed by atoms with van der Waals surface area (Å²) in [6.45, 7) is 0. The molecule has 4 rings (SSSR count). The van der Waals surface area contributed by atoms with Gasteiger partial charge in [-0.15, -0.1) is 0 Å². The maximum Gasteiger partial charge on any atom is 0.326 e. The molecule has 0 fully saturated rings. The van der Waals surface area contributed by atoms with Gasteiger partial charge in [-0.2, -0.15) is 12.6 Å². The van der Waals surface area contributed by atoms with Crippen LogP contribution in [0, 0.1) is 0 Å². The zero-order valence-corrected chi connectivity index (χ0v) is 22.7. The number of carboxylic acids is 1. The van der Waals surface area contributed by atoms with Crippen molar-refractivity contribution in [3.8, 4) is 0 Å². The van der Waals surface area contributed by atoms with Crippen LogP contribution in [0.5, 0.6) is 0 Å². The van der Waals surface area contributed by atoms with Gasteiger partial charge in [0.05, 0.1) is 18.7 Å². The van der Waals surface area contributed by atoms with E-state index in [4.69, 9.17) is 5.73 Å². The van der Waals surface area contributed by atoms with Crippen molar-refractivity contribution in [2.45, 2.75) is 43.4 Å². The minimum Gasteiger partial charge on any atom is -0.480 e. The number of imidazole rings is 2. The van der Waals surface area contributed by atoms with Gasteiger partial charge < -0.3 is 41.7 Å². The summed E-state index contributed by atoms with van der Waals surface area (Å²) in [5, 5.41) is 18.3. The van der Waals surface area contributed by atoms with Crippen molar-refractivity contribution in [2.24, 2.45) is 5.73 Å². The first-order valence-electron chi connectivity index (χ1n) is 12.7. The maximum atomic E-state index is 13.4. The first kappa shape index (κ1) is 29.4. The second-order valence-corrected chi connectivity index (χ2v) is 9.80. The second kappa shape index (κ2) is 13.6. The third-order valence-corrected chi connectivity index (χ3v) is 6.84. The lowest BCUT2D eigenvalue weighted by Gasteiger charge is -2.24. The van der Waals surface area contributed by atoms with E-state index in [9.17, 15) is 24.3 Å². The van der Waals surface area contributed by atoms with Gasteiger partial charge >= 0.3 is 5.97 Å². The molecule has 4 atom stereocenters. The smallest absolute Gasteiger partial charge is 0.326 e. The fourth-order valence-corrected chi connectivity index (χ4v) is 4.55. The number of aromatic nitrogens is 5. The number of carboxylic acid groups (broad SMARTS) is 1. The molecule has 0 saturated carbocycles. The van der Waals surface area contributed by atoms with Crippen LogP contribution in [0.4, 0.5) is 0 Å². The lowest BCUT2D eigenvalue weighted by molar-refractivity contribution is -0.142. The number of carbonyl (C=O) groups excluding carboxylic acids is 3. The minimum atomic E-state index is -1.29. The number of hydrogen-bond acceptors (Lipinski definition) is 8. The Kier molecular flexibility index (Phi) is 9.76. The number of amides is 3. The summed E-state index contributed by atoms with van der Waals surface area (Å²) in [5.74, 6) is -3.31. The first-order valence-corrected chi connectivity index (χ1v) is 13.4. The van der Waals surface area contributed by atoms with Crippen molar-refractivity contribution >= 4 is 47.2 Å². The van der Waals surface area contributed by atoms with Crippen molar-refractivity contribution in [1.29, 1.82) is 0 Å². The summed E-state index contributed by atoms with van der Waals surface area (Å²) >= 11 is 4.21. The van der Waals surface area contributed by atoms with Crippen molar-refractivity contribution < 1.29 is 24.3 Å². The summed E-state index contributed by atoms with van der Waals surface area (Å²) in [5.41, 5.74) is 8.73. The van der Waals surface area contributed by atoms with E-state index in [0.29, 0.717) is 11.4 Å². The molecule has 14 nitrogen and oxygen atoms in total. The van der Waals surface area contributed by atoms with Gasteiger partial charge in [0.2, 0.25) is 17.7 Å². The Morgan fingerprint density at radius 2 is 1.44 bits per heavy atom. The number of nitrogens with one attached hydrogen (secondary N) is 6. The number of H-pyrrole nitrogens is 3. The molecule has 1 aromatic carbocycles. The average molecular weight is 582 g/mol. The molecule has 4 unspecified atom stereocenters. The van der Waals surface area contributed by atoms with E-state index in [-0.39, 0.29) is 25.0 Å². The Morgan fingerprint density at radius 1 is 0.829 bits per heavy atom. The Morgan fingerprint density at radius 3 is 2.07 bits per heavy atom. The number of benzene rings is 1. The number of nitrogens with zero attached hydrogens (tertiary/aromatic N) is 2. The molecule has 15 heteroatoms. The molecular formula is C26H31N9O5S. The van der Waals surface area contributed by atoms with Gasteiger partial charge in [-0.1, -0.05) is 18.2 Å². The molecule has 0 aliphatic rings. The molecule has 0 spiro atoms. The molecule has 4 aromatic rings. The number of aliphatic carboxylic acids is 1. The van der Waals surface area contributed by atoms with Crippen molar-refractivity contribution in [2.75, 3.05) is 5.75 Å². The van der Waals surface area contributed by atoms with Gasteiger partial charge in [0.15, 0.2) is 0 Å². The van der Waals surface area contributed by atoms with Crippen LogP contribution in [-0.4, -0.2) is 83.6 Å². The van der Waals surface area contributed by atoms with Gasteiger partial charge in [0.25, 0.3) is 0 Å². The van der Waals surface area contributed by atoms with Crippen LogP contribution in [0.25, 0.3) is 10.9 Å². The highest BCUT2D eigenvalue weighted by Crippen LogP contribution is 2.19. The Labute approximate surface area is 239 Å². The SMILES string of the molecule is NC(Cc1cnc[nH]1)C(=O)NC(CS)C(=O)NC(Cc1c[nH]c2ccccc12)C(=O)NC(Cc1cnc[nH]1)C(=O)O. The number of nitrogens with two attached hydrogens (primary N) is 1. The second-order valence-electron chi connectivity index (χ2n) is 9.44. The van der Waals surface area contributed by atoms with Gasteiger partial charge in [-0.25, -0.2) is 14.8 Å². The highest BCUT2D eigenvalue weighted by atomic mass is 32.1. The number of aromatic amines is 3. The lowest BCUT2D eigenvalue weighted by atomic mass is 10.0. The van der Waals surface area contributed by atoms with Crippen molar-refractivity contribution in [3.05, 3.63) is 72.5 Å². The van der Waals surface area contributed by atoms with E-state index >= 15 is 0 Å². The standard InChI is InChI=1S/C26H31N9O5S/c27-18(6-15-9-28-12-31-15)23(36)35-22(11-41)25(38)33-20(5-14-8-30-19-4-2-1-3-17(14)19)24(37)34-21(26(39)40)7-16-10-29-13-32-16/h1-4,8-10,12-13,18,20-22,30,41H,5-7,11,27H2,(H,28,31)(H,29,32)(H,33,38)(H,34,37)(H,35,36)(H,39,40).